The fourth-order valence-electron chi connectivity index (χ4n) is 1.79. The number of carbonyl (C=O) groups excluding carboxylic acids is 2. The fraction of sp³-hybridized carbons (Fsp3) is 0.818. The molecule has 0 spiro atoms. The van der Waals surface area contributed by atoms with Gasteiger partial charge >= 0.3 is 6.18 Å². The molecule has 0 aromatic heterocycles. The first kappa shape index (κ1) is 15.7. The second kappa shape index (κ2) is 6.23. The van der Waals surface area contributed by atoms with Gasteiger partial charge in [-0.1, -0.05) is 0 Å². The Bertz CT molecular complexity index is 339. The maximum absolute atomic E-state index is 12.0. The molecule has 1 fully saturated rings. The average Bonchev–Trinajstić information content (AvgIpc) is 2.34. The van der Waals surface area contributed by atoms with Gasteiger partial charge in [-0.25, -0.2) is 0 Å². The summed E-state index contributed by atoms with van der Waals surface area (Å²) in [6, 6.07) is 0. The Morgan fingerprint density at radius 3 is 2.05 bits per heavy atom. The van der Waals surface area contributed by atoms with Crippen LogP contribution in [-0.4, -0.2) is 66.7 Å². The Balaban J connectivity index is 2.40. The third kappa shape index (κ3) is 5.06. The molecule has 2 amide bonds. The van der Waals surface area contributed by atoms with E-state index in [4.69, 9.17) is 0 Å². The minimum absolute atomic E-state index is 0.0755. The number of rotatable bonds is 3. The maximum Gasteiger partial charge on any atom is 0.411 e. The van der Waals surface area contributed by atoms with E-state index in [1.165, 1.54) is 18.7 Å². The van der Waals surface area contributed by atoms with Crippen LogP contribution in [0.1, 0.15) is 13.8 Å². The Hall–Kier alpha value is -1.31. The summed E-state index contributed by atoms with van der Waals surface area (Å²) in [5, 5.41) is 0. The zero-order chi connectivity index (χ0) is 14.6. The Morgan fingerprint density at radius 1 is 1.16 bits per heavy atom. The molecule has 19 heavy (non-hydrogen) atoms. The minimum atomic E-state index is -4.44. The van der Waals surface area contributed by atoms with Crippen molar-refractivity contribution in [2.24, 2.45) is 0 Å². The average molecular weight is 282 g/mol. The normalized spacial score (nSPS) is 18.4. The zero-order valence-corrected chi connectivity index (χ0v) is 10.9. The van der Waals surface area contributed by atoms with E-state index in [1.54, 1.807) is 4.90 Å². The predicted molar refractivity (Wildman–Crippen MR) is 60.3 cm³/mol. The molecule has 1 heterocycles. The van der Waals surface area contributed by atoms with Crippen molar-refractivity contribution in [3.8, 4) is 0 Å². The van der Waals surface area contributed by atoms with Crippen molar-refractivity contribution in [3.63, 3.8) is 0 Å². The third-order valence-corrected chi connectivity index (χ3v) is 2.88. The topological polar surface area (TPSA) is 49.9 Å². The van der Waals surface area contributed by atoms with Crippen molar-refractivity contribution in [3.05, 3.63) is 0 Å². The van der Waals surface area contributed by atoms with Crippen LogP contribution in [-0.2, 0) is 14.3 Å². The van der Waals surface area contributed by atoms with Crippen LogP contribution in [0, 0.1) is 0 Å². The summed E-state index contributed by atoms with van der Waals surface area (Å²) in [7, 11) is 0. The number of halogens is 3. The highest BCUT2D eigenvalue weighted by Gasteiger charge is 2.32. The first-order valence-electron chi connectivity index (χ1n) is 5.93. The molecule has 0 aliphatic carbocycles. The van der Waals surface area contributed by atoms with Gasteiger partial charge in [0.1, 0.15) is 12.7 Å². The molecule has 1 saturated heterocycles. The summed E-state index contributed by atoms with van der Waals surface area (Å²) in [6.07, 6.45) is -5.58. The third-order valence-electron chi connectivity index (χ3n) is 2.88. The molecule has 0 radical (unpaired) electrons. The molecule has 0 unspecified atom stereocenters. The lowest BCUT2D eigenvalue weighted by Gasteiger charge is -2.35. The van der Waals surface area contributed by atoms with Gasteiger partial charge in [0.15, 0.2) is 0 Å². The number of alkyl halides is 3. The van der Waals surface area contributed by atoms with Gasteiger partial charge in [0, 0.05) is 33.1 Å². The van der Waals surface area contributed by atoms with Gasteiger partial charge in [0.25, 0.3) is 5.91 Å². The lowest BCUT2D eigenvalue weighted by Crippen LogP contribution is -2.52. The van der Waals surface area contributed by atoms with Crippen molar-refractivity contribution >= 4 is 11.8 Å². The number of amides is 2. The van der Waals surface area contributed by atoms with E-state index in [0.29, 0.717) is 26.2 Å². The Kier molecular flexibility index (Phi) is 5.16. The van der Waals surface area contributed by atoms with Crippen molar-refractivity contribution in [1.82, 2.24) is 9.80 Å². The van der Waals surface area contributed by atoms with Crippen LogP contribution in [0.5, 0.6) is 0 Å². The molecule has 0 aromatic rings. The van der Waals surface area contributed by atoms with Crippen LogP contribution < -0.4 is 0 Å². The Morgan fingerprint density at radius 2 is 1.63 bits per heavy atom. The summed E-state index contributed by atoms with van der Waals surface area (Å²) < 4.78 is 40.4. The predicted octanol–water partition coefficient (Wildman–Crippen LogP) is 0.644. The van der Waals surface area contributed by atoms with E-state index in [-0.39, 0.29) is 5.91 Å². The summed E-state index contributed by atoms with van der Waals surface area (Å²) in [4.78, 5) is 25.9. The van der Waals surface area contributed by atoms with Crippen LogP contribution in [0.15, 0.2) is 0 Å². The van der Waals surface area contributed by atoms with E-state index in [0.717, 1.165) is 0 Å². The van der Waals surface area contributed by atoms with Crippen LogP contribution >= 0.6 is 0 Å². The van der Waals surface area contributed by atoms with Gasteiger partial charge in [0.2, 0.25) is 5.91 Å². The highest BCUT2D eigenvalue weighted by molar-refractivity contribution is 5.81. The van der Waals surface area contributed by atoms with Gasteiger partial charge in [-0.3, -0.25) is 9.59 Å². The van der Waals surface area contributed by atoms with Crippen LogP contribution in [0.2, 0.25) is 0 Å². The molecular weight excluding hydrogens is 265 g/mol. The van der Waals surface area contributed by atoms with E-state index in [9.17, 15) is 22.8 Å². The number of hydrogen-bond donors (Lipinski definition) is 0. The first-order chi connectivity index (χ1) is 8.70. The van der Waals surface area contributed by atoms with Crippen LogP contribution in [0.4, 0.5) is 13.2 Å². The van der Waals surface area contributed by atoms with Gasteiger partial charge in [-0.15, -0.1) is 0 Å². The summed E-state index contributed by atoms with van der Waals surface area (Å²) in [5.74, 6) is -0.555. The van der Waals surface area contributed by atoms with Gasteiger partial charge in [-0.2, -0.15) is 13.2 Å². The molecule has 0 N–H and O–H groups in total. The van der Waals surface area contributed by atoms with Gasteiger partial charge in [-0.05, 0) is 6.92 Å². The standard InChI is InChI=1S/C11H17F3N2O3/c1-8(19-7-11(12,13)14)10(18)16-5-3-15(4-6-16)9(2)17/h8H,3-7H2,1-2H3/t8-/m0/s1. The smallest absolute Gasteiger partial charge is 0.359 e. The van der Waals surface area contributed by atoms with Crippen LogP contribution in [0.25, 0.3) is 0 Å². The van der Waals surface area contributed by atoms with Gasteiger partial charge < -0.3 is 14.5 Å². The molecule has 1 aliphatic heterocycles. The number of nitrogens with zero attached hydrogens (tertiary/aromatic N) is 2. The highest BCUT2D eigenvalue weighted by atomic mass is 19.4. The molecule has 0 bridgehead atoms. The number of hydrogen-bond acceptors (Lipinski definition) is 3. The molecular formula is C11H17F3N2O3. The van der Waals surface area contributed by atoms with Crippen molar-refractivity contribution in [1.29, 1.82) is 0 Å². The highest BCUT2D eigenvalue weighted by Crippen LogP contribution is 2.16. The summed E-state index contributed by atoms with van der Waals surface area (Å²) in [6.45, 7) is 2.72. The molecule has 1 aliphatic rings. The maximum atomic E-state index is 12.0. The van der Waals surface area contributed by atoms with E-state index in [2.05, 4.69) is 4.74 Å². The zero-order valence-electron chi connectivity index (χ0n) is 10.9. The SMILES string of the molecule is CC(=O)N1CCN(C(=O)[C@H](C)OCC(F)(F)F)CC1. The van der Waals surface area contributed by atoms with Crippen LogP contribution in [0.3, 0.4) is 0 Å². The molecule has 1 atom stereocenters. The molecule has 0 saturated carbocycles. The number of ether oxygens (including phenoxy) is 1. The quantitative estimate of drug-likeness (QED) is 0.763. The van der Waals surface area contributed by atoms with E-state index >= 15 is 0 Å². The summed E-state index contributed by atoms with van der Waals surface area (Å²) >= 11 is 0. The molecule has 5 nitrogen and oxygen atoms in total. The Labute approximate surface area is 109 Å². The lowest BCUT2D eigenvalue weighted by molar-refractivity contribution is -0.189. The molecule has 110 valence electrons. The van der Waals surface area contributed by atoms with Crippen molar-refractivity contribution in [2.45, 2.75) is 26.1 Å². The lowest BCUT2D eigenvalue weighted by atomic mass is 10.2. The van der Waals surface area contributed by atoms with E-state index < -0.39 is 24.8 Å². The van der Waals surface area contributed by atoms with Gasteiger partial charge in [0.05, 0.1) is 0 Å². The minimum Gasteiger partial charge on any atom is -0.359 e. The second-order valence-electron chi connectivity index (χ2n) is 4.40. The van der Waals surface area contributed by atoms with Crippen molar-refractivity contribution < 1.29 is 27.5 Å². The second-order valence-corrected chi connectivity index (χ2v) is 4.40. The largest absolute Gasteiger partial charge is 0.411 e. The number of piperazine rings is 1. The first-order valence-corrected chi connectivity index (χ1v) is 5.93. The molecule has 0 aromatic carbocycles. The van der Waals surface area contributed by atoms with Crippen molar-refractivity contribution in [2.75, 3.05) is 32.8 Å². The fourth-order valence-corrected chi connectivity index (χ4v) is 1.79. The molecule has 1 rings (SSSR count). The summed E-state index contributed by atoms with van der Waals surface area (Å²) in [5.41, 5.74) is 0. The number of carbonyl (C=O) groups is 2. The van der Waals surface area contributed by atoms with E-state index in [1.807, 2.05) is 0 Å². The monoisotopic (exact) mass is 282 g/mol. The molecule has 8 heteroatoms.